The fraction of sp³-hybridized carbons (Fsp3) is 0.0714. The molecule has 0 aliphatic rings. The van der Waals surface area contributed by atoms with Gasteiger partial charge in [0.15, 0.2) is 0 Å². The molecule has 0 heterocycles. The predicted octanol–water partition coefficient (Wildman–Crippen LogP) is 2.91. The number of aliphatic imine (C=N–C) groups is 1. The average Bonchev–Trinajstić information content (AvgIpc) is 2.25. The summed E-state index contributed by atoms with van der Waals surface area (Å²) in [6.45, 7) is 2.05. The summed E-state index contributed by atoms with van der Waals surface area (Å²) in [7, 11) is 0. The third-order valence-electron chi connectivity index (χ3n) is 2.37. The van der Waals surface area contributed by atoms with Crippen molar-refractivity contribution in [1.29, 1.82) is 0 Å². The Labute approximate surface area is 101 Å². The summed E-state index contributed by atoms with van der Waals surface area (Å²) in [5, 5.41) is 0. The zero-order valence-corrected chi connectivity index (χ0v) is 9.72. The summed E-state index contributed by atoms with van der Waals surface area (Å²) in [6, 6.07) is 13.4. The Bertz CT molecular complexity index is 539. The lowest BCUT2D eigenvalue weighted by Gasteiger charge is -2.00. The summed E-state index contributed by atoms with van der Waals surface area (Å²) < 4.78 is 0. The van der Waals surface area contributed by atoms with Crippen LogP contribution in [0, 0.1) is 6.92 Å². The Balaban J connectivity index is 2.25. The molecule has 0 radical (unpaired) electrons. The molecule has 3 heteroatoms. The van der Waals surface area contributed by atoms with Gasteiger partial charge in [-0.05, 0) is 30.7 Å². The van der Waals surface area contributed by atoms with E-state index in [0.29, 0.717) is 11.4 Å². The van der Waals surface area contributed by atoms with Gasteiger partial charge < -0.3 is 11.5 Å². The molecule has 2 rings (SSSR count). The van der Waals surface area contributed by atoms with Crippen LogP contribution >= 0.6 is 0 Å². The van der Waals surface area contributed by atoms with Crippen LogP contribution in [0.2, 0.25) is 0 Å². The molecule has 0 saturated carbocycles. The van der Waals surface area contributed by atoms with E-state index in [2.05, 4.69) is 24.0 Å². The molecule has 2 aromatic carbocycles. The van der Waals surface area contributed by atoms with Crippen LogP contribution in [-0.2, 0) is 0 Å². The van der Waals surface area contributed by atoms with E-state index in [-0.39, 0.29) is 0 Å². The van der Waals surface area contributed by atoms with Gasteiger partial charge in [0, 0.05) is 17.6 Å². The minimum absolute atomic E-state index is 0.626. The van der Waals surface area contributed by atoms with Gasteiger partial charge in [-0.2, -0.15) is 0 Å². The number of benzene rings is 2. The standard InChI is InChI=1S/C14H15N3/c1-10-3-2-4-11(5-10)9-17-14-7-12(15)6-13(16)8-14/h2-9H,15-16H2,1H3. The van der Waals surface area contributed by atoms with Crippen LogP contribution in [-0.4, -0.2) is 6.21 Å². The quantitative estimate of drug-likeness (QED) is 0.609. The molecule has 0 amide bonds. The second kappa shape index (κ2) is 4.70. The first-order valence-corrected chi connectivity index (χ1v) is 5.40. The van der Waals surface area contributed by atoms with Crippen LogP contribution in [0.5, 0.6) is 0 Å². The Hall–Kier alpha value is -2.29. The molecule has 0 aliphatic carbocycles. The van der Waals surface area contributed by atoms with Crippen LogP contribution in [0.15, 0.2) is 47.5 Å². The largest absolute Gasteiger partial charge is 0.399 e. The number of nitrogens with zero attached hydrogens (tertiary/aromatic N) is 1. The number of hydrogen-bond acceptors (Lipinski definition) is 3. The van der Waals surface area contributed by atoms with Crippen molar-refractivity contribution < 1.29 is 0 Å². The number of anilines is 2. The van der Waals surface area contributed by atoms with Gasteiger partial charge in [-0.15, -0.1) is 0 Å². The first-order chi connectivity index (χ1) is 8.13. The van der Waals surface area contributed by atoms with E-state index in [1.54, 1.807) is 24.4 Å². The van der Waals surface area contributed by atoms with Crippen molar-refractivity contribution in [2.75, 3.05) is 11.5 Å². The predicted molar refractivity (Wildman–Crippen MR) is 73.7 cm³/mol. The highest BCUT2D eigenvalue weighted by molar-refractivity contribution is 5.82. The second-order valence-corrected chi connectivity index (χ2v) is 4.03. The third kappa shape index (κ3) is 3.08. The van der Waals surface area contributed by atoms with Crippen molar-refractivity contribution in [2.24, 2.45) is 4.99 Å². The van der Waals surface area contributed by atoms with E-state index in [0.717, 1.165) is 11.3 Å². The average molecular weight is 225 g/mol. The highest BCUT2D eigenvalue weighted by Crippen LogP contribution is 2.20. The molecule has 0 spiro atoms. The Morgan fingerprint density at radius 3 is 2.35 bits per heavy atom. The number of rotatable bonds is 2. The maximum absolute atomic E-state index is 5.70. The molecular weight excluding hydrogens is 210 g/mol. The number of nitrogens with two attached hydrogens (primary N) is 2. The van der Waals surface area contributed by atoms with Crippen molar-refractivity contribution >= 4 is 23.3 Å². The van der Waals surface area contributed by atoms with E-state index < -0.39 is 0 Å². The van der Waals surface area contributed by atoms with Gasteiger partial charge in [-0.1, -0.05) is 29.8 Å². The first kappa shape index (κ1) is 11.2. The molecular formula is C14H15N3. The van der Waals surface area contributed by atoms with E-state index in [1.807, 2.05) is 12.1 Å². The van der Waals surface area contributed by atoms with Crippen molar-refractivity contribution in [3.05, 3.63) is 53.6 Å². The van der Waals surface area contributed by atoms with Gasteiger partial charge in [0.2, 0.25) is 0 Å². The molecule has 2 aromatic rings. The normalized spacial score (nSPS) is 10.9. The van der Waals surface area contributed by atoms with Gasteiger partial charge in [-0.25, -0.2) is 0 Å². The molecule has 0 unspecified atom stereocenters. The minimum atomic E-state index is 0.626. The van der Waals surface area contributed by atoms with Gasteiger partial charge in [-0.3, -0.25) is 4.99 Å². The lowest BCUT2D eigenvalue weighted by molar-refractivity contribution is 1.45. The van der Waals surface area contributed by atoms with Crippen molar-refractivity contribution in [2.45, 2.75) is 6.92 Å². The Morgan fingerprint density at radius 1 is 1.00 bits per heavy atom. The molecule has 3 nitrogen and oxygen atoms in total. The summed E-state index contributed by atoms with van der Waals surface area (Å²) >= 11 is 0. The first-order valence-electron chi connectivity index (χ1n) is 5.40. The van der Waals surface area contributed by atoms with Crippen molar-refractivity contribution in [3.63, 3.8) is 0 Å². The summed E-state index contributed by atoms with van der Waals surface area (Å²) in [5.74, 6) is 0. The lowest BCUT2D eigenvalue weighted by atomic mass is 10.1. The van der Waals surface area contributed by atoms with Crippen molar-refractivity contribution in [3.8, 4) is 0 Å². The van der Waals surface area contributed by atoms with Crippen LogP contribution in [0.1, 0.15) is 11.1 Å². The van der Waals surface area contributed by atoms with E-state index in [4.69, 9.17) is 11.5 Å². The van der Waals surface area contributed by atoms with E-state index in [9.17, 15) is 0 Å². The molecule has 0 aromatic heterocycles. The topological polar surface area (TPSA) is 64.4 Å². The summed E-state index contributed by atoms with van der Waals surface area (Å²) in [6.07, 6.45) is 1.81. The molecule has 0 saturated heterocycles. The maximum atomic E-state index is 5.70. The third-order valence-corrected chi connectivity index (χ3v) is 2.37. The second-order valence-electron chi connectivity index (χ2n) is 4.03. The van der Waals surface area contributed by atoms with E-state index in [1.165, 1.54) is 5.56 Å². The van der Waals surface area contributed by atoms with Gasteiger partial charge in [0.25, 0.3) is 0 Å². The molecule has 0 aliphatic heterocycles. The highest BCUT2D eigenvalue weighted by Gasteiger charge is 1.94. The minimum Gasteiger partial charge on any atom is -0.399 e. The van der Waals surface area contributed by atoms with Crippen LogP contribution in [0.25, 0.3) is 0 Å². The van der Waals surface area contributed by atoms with Crippen LogP contribution in [0.4, 0.5) is 17.1 Å². The molecule has 0 bridgehead atoms. The highest BCUT2D eigenvalue weighted by atomic mass is 14.7. The molecule has 17 heavy (non-hydrogen) atoms. The SMILES string of the molecule is Cc1cccc(C=Nc2cc(N)cc(N)c2)c1. The molecule has 86 valence electrons. The fourth-order valence-corrected chi connectivity index (χ4v) is 1.63. The zero-order chi connectivity index (χ0) is 12.3. The van der Waals surface area contributed by atoms with Gasteiger partial charge >= 0.3 is 0 Å². The van der Waals surface area contributed by atoms with E-state index >= 15 is 0 Å². The van der Waals surface area contributed by atoms with Crippen LogP contribution in [0.3, 0.4) is 0 Å². The molecule has 0 fully saturated rings. The van der Waals surface area contributed by atoms with Gasteiger partial charge in [0.1, 0.15) is 0 Å². The number of aryl methyl sites for hydroxylation is 1. The smallest absolute Gasteiger partial charge is 0.0670 e. The molecule has 4 N–H and O–H groups in total. The zero-order valence-electron chi connectivity index (χ0n) is 9.72. The van der Waals surface area contributed by atoms with Crippen molar-refractivity contribution in [1.82, 2.24) is 0 Å². The fourth-order valence-electron chi connectivity index (χ4n) is 1.63. The van der Waals surface area contributed by atoms with Gasteiger partial charge in [0.05, 0.1) is 5.69 Å². The number of nitrogen functional groups attached to an aromatic ring is 2. The van der Waals surface area contributed by atoms with Crippen LogP contribution < -0.4 is 11.5 Å². The lowest BCUT2D eigenvalue weighted by Crippen LogP contribution is -1.89. The Morgan fingerprint density at radius 2 is 1.71 bits per heavy atom. The summed E-state index contributed by atoms with van der Waals surface area (Å²) in [5.41, 5.74) is 15.7. The molecule has 0 atom stereocenters. The number of hydrogen-bond donors (Lipinski definition) is 2. The summed E-state index contributed by atoms with van der Waals surface area (Å²) in [4.78, 5) is 4.35. The Kier molecular flexibility index (Phi) is 3.10. The monoisotopic (exact) mass is 225 g/mol. The maximum Gasteiger partial charge on any atom is 0.0670 e.